The lowest BCUT2D eigenvalue weighted by Crippen LogP contribution is -2.18. The van der Waals surface area contributed by atoms with Crippen LogP contribution in [0, 0.1) is 0 Å². The lowest BCUT2D eigenvalue weighted by atomic mass is 10.1. The van der Waals surface area contributed by atoms with Crippen LogP contribution in [0.3, 0.4) is 0 Å². The number of thioether (sulfide) groups is 1. The van der Waals surface area contributed by atoms with E-state index in [2.05, 4.69) is 0 Å². The second kappa shape index (κ2) is 2.31. The summed E-state index contributed by atoms with van der Waals surface area (Å²) in [5.74, 6) is 0.213. The Labute approximate surface area is 64.3 Å². The molecule has 1 aliphatic heterocycles. The molecule has 1 aliphatic rings. The third-order valence-electron chi connectivity index (χ3n) is 1.80. The maximum Gasteiger partial charge on any atom is 0.216 e. The lowest BCUT2D eigenvalue weighted by Gasteiger charge is -2.19. The molecular formula is C7H10O2S. The molecule has 0 aromatic carbocycles. The minimum Gasteiger partial charge on any atom is -0.511 e. The highest BCUT2D eigenvalue weighted by molar-refractivity contribution is 8.15. The van der Waals surface area contributed by atoms with Crippen molar-refractivity contribution in [2.24, 2.45) is 0 Å². The molecule has 3 heteroatoms. The van der Waals surface area contributed by atoms with E-state index in [9.17, 15) is 9.90 Å². The minimum absolute atomic E-state index is 0.0400. The molecule has 0 aromatic rings. The molecule has 0 bridgehead atoms. The summed E-state index contributed by atoms with van der Waals surface area (Å²) >= 11 is 1.19. The fraction of sp³-hybridized carbons (Fsp3) is 0.571. The Morgan fingerprint density at radius 3 is 2.60 bits per heavy atom. The van der Waals surface area contributed by atoms with E-state index < -0.39 is 0 Å². The first-order valence-corrected chi connectivity index (χ1v) is 4.04. The van der Waals surface area contributed by atoms with Gasteiger partial charge in [0.25, 0.3) is 0 Å². The van der Waals surface area contributed by atoms with Crippen molar-refractivity contribution in [3.63, 3.8) is 0 Å². The van der Waals surface area contributed by atoms with Crippen molar-refractivity contribution in [1.82, 2.24) is 0 Å². The molecule has 10 heavy (non-hydrogen) atoms. The van der Waals surface area contributed by atoms with Crippen molar-refractivity contribution < 1.29 is 9.90 Å². The third kappa shape index (κ3) is 1.06. The maximum atomic E-state index is 10.8. The highest BCUT2D eigenvalue weighted by Gasteiger charge is 2.36. The van der Waals surface area contributed by atoms with E-state index >= 15 is 0 Å². The zero-order valence-corrected chi connectivity index (χ0v) is 6.86. The summed E-state index contributed by atoms with van der Waals surface area (Å²) in [5, 5.41) is 9.20. The molecule has 1 N–H and O–H groups in total. The van der Waals surface area contributed by atoms with Gasteiger partial charge in [-0.15, -0.1) is 0 Å². The van der Waals surface area contributed by atoms with Gasteiger partial charge in [-0.2, -0.15) is 0 Å². The number of carbonyl (C=O) groups excluding carboxylic acids is 1. The van der Waals surface area contributed by atoms with Crippen LogP contribution in [-0.4, -0.2) is 15.0 Å². The van der Waals surface area contributed by atoms with Gasteiger partial charge in [0.1, 0.15) is 5.76 Å². The van der Waals surface area contributed by atoms with Gasteiger partial charge in [0.2, 0.25) is 5.12 Å². The van der Waals surface area contributed by atoms with Crippen molar-refractivity contribution in [3.05, 3.63) is 11.8 Å². The molecule has 0 unspecified atom stereocenters. The molecule has 2 nitrogen and oxygen atoms in total. The standard InChI is InChI=1S/C7H10O2S/c1-3-7(2)5(8)4-6(9)10-7/h4,8H,3H2,1-2H3/t7-/m1/s1. The second-order valence-electron chi connectivity index (χ2n) is 2.54. The molecular weight excluding hydrogens is 148 g/mol. The smallest absolute Gasteiger partial charge is 0.216 e. The summed E-state index contributed by atoms with van der Waals surface area (Å²) in [7, 11) is 0. The van der Waals surface area contributed by atoms with Crippen LogP contribution in [-0.2, 0) is 4.79 Å². The van der Waals surface area contributed by atoms with Crippen molar-refractivity contribution in [1.29, 1.82) is 0 Å². The molecule has 0 aromatic heterocycles. The number of aliphatic hydroxyl groups is 1. The zero-order valence-electron chi connectivity index (χ0n) is 6.05. The Kier molecular flexibility index (Phi) is 1.77. The molecule has 0 aliphatic carbocycles. The Bertz CT molecular complexity index is 198. The fourth-order valence-electron chi connectivity index (χ4n) is 0.821. The van der Waals surface area contributed by atoms with E-state index in [1.807, 2.05) is 13.8 Å². The van der Waals surface area contributed by atoms with Gasteiger partial charge in [-0.3, -0.25) is 4.79 Å². The van der Waals surface area contributed by atoms with Gasteiger partial charge in [0, 0.05) is 6.08 Å². The van der Waals surface area contributed by atoms with E-state index in [4.69, 9.17) is 0 Å². The molecule has 0 fully saturated rings. The molecule has 1 atom stereocenters. The first-order chi connectivity index (χ1) is 4.58. The molecule has 56 valence electrons. The lowest BCUT2D eigenvalue weighted by molar-refractivity contribution is -0.106. The Balaban J connectivity index is 2.86. The van der Waals surface area contributed by atoms with Crippen molar-refractivity contribution >= 4 is 16.9 Å². The fourth-order valence-corrected chi connectivity index (χ4v) is 1.74. The summed E-state index contributed by atoms with van der Waals surface area (Å²) in [6.45, 7) is 3.82. The van der Waals surface area contributed by atoms with Crippen LogP contribution in [0.1, 0.15) is 20.3 Å². The zero-order chi connectivity index (χ0) is 7.78. The monoisotopic (exact) mass is 158 g/mol. The van der Waals surface area contributed by atoms with Crippen LogP contribution in [0.25, 0.3) is 0 Å². The number of hydrogen-bond donors (Lipinski definition) is 1. The van der Waals surface area contributed by atoms with Crippen LogP contribution in [0.2, 0.25) is 0 Å². The van der Waals surface area contributed by atoms with Crippen LogP contribution >= 0.6 is 11.8 Å². The van der Waals surface area contributed by atoms with Gasteiger partial charge < -0.3 is 5.11 Å². The number of rotatable bonds is 1. The first kappa shape index (κ1) is 7.66. The topological polar surface area (TPSA) is 37.3 Å². The molecule has 0 radical (unpaired) electrons. The average Bonchev–Trinajstić information content (AvgIpc) is 2.09. The number of carbonyl (C=O) groups is 1. The summed E-state index contributed by atoms with van der Waals surface area (Å²) in [6, 6.07) is 0. The van der Waals surface area contributed by atoms with Crippen LogP contribution < -0.4 is 0 Å². The second-order valence-corrected chi connectivity index (χ2v) is 4.04. The largest absolute Gasteiger partial charge is 0.511 e. The third-order valence-corrected chi connectivity index (χ3v) is 3.06. The van der Waals surface area contributed by atoms with Crippen LogP contribution in [0.4, 0.5) is 0 Å². The SMILES string of the molecule is CC[C@@]1(C)SC(=O)C=C1O. The highest BCUT2D eigenvalue weighted by Crippen LogP contribution is 2.40. The molecule has 0 saturated heterocycles. The van der Waals surface area contributed by atoms with Gasteiger partial charge in [-0.1, -0.05) is 18.7 Å². The van der Waals surface area contributed by atoms with Gasteiger partial charge in [0.05, 0.1) is 4.75 Å². The summed E-state index contributed by atoms with van der Waals surface area (Å²) < 4.78 is -0.350. The quantitative estimate of drug-likeness (QED) is 0.633. The Hall–Kier alpha value is -0.440. The van der Waals surface area contributed by atoms with Gasteiger partial charge in [0.15, 0.2) is 0 Å². The van der Waals surface area contributed by atoms with Gasteiger partial charge in [-0.25, -0.2) is 0 Å². The van der Waals surface area contributed by atoms with Gasteiger partial charge >= 0.3 is 0 Å². The minimum atomic E-state index is -0.350. The predicted molar refractivity (Wildman–Crippen MR) is 42.0 cm³/mol. The summed E-state index contributed by atoms with van der Waals surface area (Å²) in [6.07, 6.45) is 2.08. The van der Waals surface area contributed by atoms with E-state index in [-0.39, 0.29) is 15.6 Å². The van der Waals surface area contributed by atoms with E-state index in [1.54, 1.807) is 0 Å². The number of hydrogen-bond acceptors (Lipinski definition) is 3. The van der Waals surface area contributed by atoms with Crippen LogP contribution in [0.15, 0.2) is 11.8 Å². The molecule has 0 amide bonds. The summed E-state index contributed by atoms with van der Waals surface area (Å²) in [5.41, 5.74) is 0. The van der Waals surface area contributed by atoms with Gasteiger partial charge in [-0.05, 0) is 13.3 Å². The molecule has 0 saturated carbocycles. The number of aliphatic hydroxyl groups excluding tert-OH is 1. The van der Waals surface area contributed by atoms with Crippen molar-refractivity contribution in [2.45, 2.75) is 25.0 Å². The average molecular weight is 158 g/mol. The first-order valence-electron chi connectivity index (χ1n) is 3.22. The molecule has 0 spiro atoms. The van der Waals surface area contributed by atoms with Crippen molar-refractivity contribution in [3.8, 4) is 0 Å². The molecule has 1 heterocycles. The van der Waals surface area contributed by atoms with Crippen molar-refractivity contribution in [2.75, 3.05) is 0 Å². The van der Waals surface area contributed by atoms with E-state index in [0.29, 0.717) is 0 Å². The van der Waals surface area contributed by atoms with Crippen LogP contribution in [0.5, 0.6) is 0 Å². The summed E-state index contributed by atoms with van der Waals surface area (Å²) in [4.78, 5) is 10.8. The Morgan fingerprint density at radius 1 is 1.80 bits per heavy atom. The maximum absolute atomic E-state index is 10.8. The highest BCUT2D eigenvalue weighted by atomic mass is 32.2. The molecule has 1 rings (SSSR count). The predicted octanol–water partition coefficient (Wildman–Crippen LogP) is 1.87. The van der Waals surface area contributed by atoms with E-state index in [0.717, 1.165) is 6.42 Å². The van der Waals surface area contributed by atoms with E-state index in [1.165, 1.54) is 17.8 Å². The normalized spacial score (nSPS) is 32.6. The Morgan fingerprint density at radius 2 is 2.40 bits per heavy atom.